The standard InChI is InChI=1S/C7H4BrFN2O3/c8-6-4(7(10)12)1-3(11(13)14)2-5(6)9/h1-2H,(H2,10,12). The molecule has 0 aliphatic heterocycles. The van der Waals surface area contributed by atoms with Gasteiger partial charge in [-0.2, -0.15) is 0 Å². The minimum atomic E-state index is -0.931. The Kier molecular flexibility index (Phi) is 2.80. The van der Waals surface area contributed by atoms with Gasteiger partial charge in [0.15, 0.2) is 0 Å². The Morgan fingerprint density at radius 1 is 1.57 bits per heavy atom. The number of non-ortho nitro benzene ring substituents is 1. The van der Waals surface area contributed by atoms with E-state index in [1.54, 1.807) is 0 Å². The molecular formula is C7H4BrFN2O3. The van der Waals surface area contributed by atoms with E-state index in [1.807, 2.05) is 0 Å². The molecule has 1 amide bonds. The molecule has 0 bridgehead atoms. The van der Waals surface area contributed by atoms with E-state index in [9.17, 15) is 19.3 Å². The van der Waals surface area contributed by atoms with E-state index in [1.165, 1.54) is 0 Å². The Morgan fingerprint density at radius 2 is 2.14 bits per heavy atom. The number of primary amides is 1. The summed E-state index contributed by atoms with van der Waals surface area (Å²) >= 11 is 2.77. The number of carbonyl (C=O) groups excluding carboxylic acids is 1. The highest BCUT2D eigenvalue weighted by molar-refractivity contribution is 9.10. The SMILES string of the molecule is NC(=O)c1cc([N+](=O)[O-])cc(F)c1Br. The second-order valence-electron chi connectivity index (χ2n) is 2.41. The number of rotatable bonds is 2. The first-order chi connectivity index (χ1) is 6.43. The number of hydrogen-bond acceptors (Lipinski definition) is 3. The molecule has 1 aromatic carbocycles. The largest absolute Gasteiger partial charge is 0.366 e. The molecule has 74 valence electrons. The van der Waals surface area contributed by atoms with Crippen LogP contribution in [0.15, 0.2) is 16.6 Å². The average molecular weight is 263 g/mol. The first kappa shape index (κ1) is 10.6. The van der Waals surface area contributed by atoms with Gasteiger partial charge < -0.3 is 5.73 Å². The summed E-state index contributed by atoms with van der Waals surface area (Å²) < 4.78 is 12.8. The molecule has 0 radical (unpaired) electrons. The van der Waals surface area contributed by atoms with E-state index in [2.05, 4.69) is 15.9 Å². The number of halogens is 2. The van der Waals surface area contributed by atoms with Crippen molar-refractivity contribution in [2.45, 2.75) is 0 Å². The van der Waals surface area contributed by atoms with Crippen LogP contribution >= 0.6 is 15.9 Å². The van der Waals surface area contributed by atoms with Gasteiger partial charge in [-0.3, -0.25) is 14.9 Å². The van der Waals surface area contributed by atoms with Crippen LogP contribution in [-0.4, -0.2) is 10.8 Å². The van der Waals surface area contributed by atoms with Gasteiger partial charge in [-0.25, -0.2) is 4.39 Å². The number of hydrogen-bond donors (Lipinski definition) is 1. The Hall–Kier alpha value is -1.50. The Labute approximate surface area is 86.0 Å². The summed E-state index contributed by atoms with van der Waals surface area (Å²) in [4.78, 5) is 20.3. The van der Waals surface area contributed by atoms with Crippen LogP contribution in [0.4, 0.5) is 10.1 Å². The zero-order valence-corrected chi connectivity index (χ0v) is 8.25. The summed E-state index contributed by atoms with van der Waals surface area (Å²) in [6.07, 6.45) is 0. The van der Waals surface area contributed by atoms with Crippen molar-refractivity contribution in [2.24, 2.45) is 5.73 Å². The number of nitro groups is 1. The minimum absolute atomic E-state index is 0.171. The van der Waals surface area contributed by atoms with Gasteiger partial charge in [-0.15, -0.1) is 0 Å². The van der Waals surface area contributed by atoms with Crippen molar-refractivity contribution in [1.82, 2.24) is 0 Å². The normalized spacial score (nSPS) is 9.86. The van der Waals surface area contributed by atoms with Crippen LogP contribution in [0.25, 0.3) is 0 Å². The van der Waals surface area contributed by atoms with E-state index < -0.39 is 22.3 Å². The molecule has 0 aromatic heterocycles. The Morgan fingerprint density at radius 3 is 2.57 bits per heavy atom. The molecule has 0 heterocycles. The van der Waals surface area contributed by atoms with Crippen LogP contribution in [0.2, 0.25) is 0 Å². The molecular weight excluding hydrogens is 259 g/mol. The fourth-order valence-electron chi connectivity index (χ4n) is 0.859. The highest BCUT2D eigenvalue weighted by Gasteiger charge is 2.17. The van der Waals surface area contributed by atoms with Crippen LogP contribution in [0, 0.1) is 15.9 Å². The van der Waals surface area contributed by atoms with Crippen molar-refractivity contribution >= 4 is 27.5 Å². The van der Waals surface area contributed by atoms with Crippen molar-refractivity contribution in [3.05, 3.63) is 38.1 Å². The van der Waals surface area contributed by atoms with E-state index in [-0.39, 0.29) is 10.0 Å². The third-order valence-corrected chi connectivity index (χ3v) is 2.30. The van der Waals surface area contributed by atoms with E-state index in [4.69, 9.17) is 5.73 Å². The maximum absolute atomic E-state index is 13.0. The van der Waals surface area contributed by atoms with Gasteiger partial charge in [0.05, 0.1) is 21.0 Å². The number of benzene rings is 1. The Bertz CT molecular complexity index is 422. The number of nitrogens with zero attached hydrogens (tertiary/aromatic N) is 1. The van der Waals surface area contributed by atoms with Gasteiger partial charge in [0.25, 0.3) is 5.69 Å². The molecule has 1 aromatic rings. The third kappa shape index (κ3) is 1.87. The maximum atomic E-state index is 13.0. The topological polar surface area (TPSA) is 86.2 Å². The van der Waals surface area contributed by atoms with Gasteiger partial charge in [0.1, 0.15) is 5.82 Å². The molecule has 7 heteroatoms. The van der Waals surface area contributed by atoms with Crippen molar-refractivity contribution in [2.75, 3.05) is 0 Å². The lowest BCUT2D eigenvalue weighted by Gasteiger charge is -2.00. The highest BCUT2D eigenvalue weighted by atomic mass is 79.9. The second kappa shape index (κ2) is 3.70. The van der Waals surface area contributed by atoms with Crippen LogP contribution in [0.1, 0.15) is 10.4 Å². The monoisotopic (exact) mass is 262 g/mol. The van der Waals surface area contributed by atoms with Gasteiger partial charge >= 0.3 is 0 Å². The molecule has 1 rings (SSSR count). The fraction of sp³-hybridized carbons (Fsp3) is 0. The molecule has 0 saturated heterocycles. The molecule has 0 fully saturated rings. The molecule has 14 heavy (non-hydrogen) atoms. The highest BCUT2D eigenvalue weighted by Crippen LogP contribution is 2.25. The second-order valence-corrected chi connectivity index (χ2v) is 3.20. The minimum Gasteiger partial charge on any atom is -0.366 e. The average Bonchev–Trinajstić information content (AvgIpc) is 2.08. The number of nitrogens with two attached hydrogens (primary N) is 1. The van der Waals surface area contributed by atoms with Gasteiger partial charge in [-0.05, 0) is 15.9 Å². The maximum Gasteiger partial charge on any atom is 0.273 e. The van der Waals surface area contributed by atoms with Crippen molar-refractivity contribution < 1.29 is 14.1 Å². The molecule has 0 aliphatic carbocycles. The predicted molar refractivity (Wildman–Crippen MR) is 49.3 cm³/mol. The van der Waals surface area contributed by atoms with Crippen molar-refractivity contribution in [1.29, 1.82) is 0 Å². The smallest absolute Gasteiger partial charge is 0.273 e. The van der Waals surface area contributed by atoms with Crippen LogP contribution in [0.3, 0.4) is 0 Å². The molecule has 0 atom stereocenters. The molecule has 0 unspecified atom stereocenters. The van der Waals surface area contributed by atoms with Crippen molar-refractivity contribution in [3.8, 4) is 0 Å². The van der Waals surface area contributed by atoms with Crippen LogP contribution < -0.4 is 5.73 Å². The predicted octanol–water partition coefficient (Wildman–Crippen LogP) is 1.60. The lowest BCUT2D eigenvalue weighted by Crippen LogP contribution is -2.12. The van der Waals surface area contributed by atoms with Crippen LogP contribution in [-0.2, 0) is 0 Å². The first-order valence-corrected chi connectivity index (χ1v) is 4.16. The quantitative estimate of drug-likeness (QED) is 0.649. The summed E-state index contributed by atoms with van der Waals surface area (Å²) in [6.45, 7) is 0. The zero-order chi connectivity index (χ0) is 10.9. The fourth-order valence-corrected chi connectivity index (χ4v) is 1.28. The summed E-state index contributed by atoms with van der Waals surface area (Å²) in [5.74, 6) is -1.83. The van der Waals surface area contributed by atoms with E-state index in [0.29, 0.717) is 6.07 Å². The lowest BCUT2D eigenvalue weighted by molar-refractivity contribution is -0.385. The summed E-state index contributed by atoms with van der Waals surface area (Å²) in [5, 5.41) is 10.3. The molecule has 0 aliphatic rings. The summed E-state index contributed by atoms with van der Waals surface area (Å²) in [5.41, 5.74) is 4.13. The van der Waals surface area contributed by atoms with Crippen molar-refractivity contribution in [3.63, 3.8) is 0 Å². The first-order valence-electron chi connectivity index (χ1n) is 3.36. The van der Waals surface area contributed by atoms with Gasteiger partial charge in [-0.1, -0.05) is 0 Å². The number of amides is 1. The van der Waals surface area contributed by atoms with Gasteiger partial charge in [0.2, 0.25) is 5.91 Å². The molecule has 5 nitrogen and oxygen atoms in total. The van der Waals surface area contributed by atoms with Crippen LogP contribution in [0.5, 0.6) is 0 Å². The number of carbonyl (C=O) groups is 1. The lowest BCUT2D eigenvalue weighted by atomic mass is 10.2. The zero-order valence-electron chi connectivity index (χ0n) is 6.66. The molecule has 2 N–H and O–H groups in total. The molecule has 0 saturated carbocycles. The molecule has 0 spiro atoms. The Balaban J connectivity index is 3.43. The van der Waals surface area contributed by atoms with Gasteiger partial charge in [0, 0.05) is 6.07 Å². The summed E-state index contributed by atoms with van der Waals surface area (Å²) in [6, 6.07) is 1.62. The summed E-state index contributed by atoms with van der Waals surface area (Å²) in [7, 11) is 0. The van der Waals surface area contributed by atoms with E-state index in [0.717, 1.165) is 6.07 Å². The third-order valence-electron chi connectivity index (χ3n) is 1.49. The van der Waals surface area contributed by atoms with E-state index >= 15 is 0 Å². The number of nitro benzene ring substituents is 1.